The third-order valence-electron chi connectivity index (χ3n) is 3.72. The second kappa shape index (κ2) is 5.89. The Hall–Kier alpha value is -1.46. The number of rotatable bonds is 5. The minimum atomic E-state index is -0.700. The number of benzene rings is 1. The van der Waals surface area contributed by atoms with Crippen LogP contribution in [0.2, 0.25) is 0 Å². The van der Waals surface area contributed by atoms with Crippen LogP contribution in [0.25, 0.3) is 10.9 Å². The number of amides is 1. The summed E-state index contributed by atoms with van der Waals surface area (Å²) in [6.45, 7) is 4.31. The highest BCUT2D eigenvalue weighted by molar-refractivity contribution is 9.10. The van der Waals surface area contributed by atoms with Crippen molar-refractivity contribution in [3.8, 4) is 0 Å². The summed E-state index contributed by atoms with van der Waals surface area (Å²) in [7, 11) is 0. The van der Waals surface area contributed by atoms with E-state index in [0.717, 1.165) is 20.9 Å². The normalized spacial score (nSPS) is 14.2. The van der Waals surface area contributed by atoms with Gasteiger partial charge >= 0.3 is 0 Å². The van der Waals surface area contributed by atoms with Crippen LogP contribution in [0.5, 0.6) is 0 Å². The minimum absolute atomic E-state index is 0.339. The molecule has 2 rings (SSSR count). The van der Waals surface area contributed by atoms with E-state index in [0.29, 0.717) is 13.0 Å². The second-order valence-corrected chi connectivity index (χ2v) is 5.86. The average Bonchev–Trinajstić information content (AvgIpc) is 2.46. The van der Waals surface area contributed by atoms with Crippen LogP contribution in [0.15, 0.2) is 34.9 Å². The predicted octanol–water partition coefficient (Wildman–Crippen LogP) is 2.74. The van der Waals surface area contributed by atoms with Crippen LogP contribution in [0, 0.1) is 0 Å². The molecule has 1 aromatic carbocycles. The van der Waals surface area contributed by atoms with E-state index in [4.69, 9.17) is 5.73 Å². The smallest absolute Gasteiger partial charge is 0.237 e. The van der Waals surface area contributed by atoms with Crippen molar-refractivity contribution in [2.75, 3.05) is 0 Å². The Labute approximate surface area is 126 Å². The standard InChI is InChI=1S/C15H18BrN3O/c1-3-15(2,14(17)20)19-9-10-6-7-12(16)11-5-4-8-18-13(10)11/h4-8,19H,3,9H2,1-2H3,(H2,17,20). The molecule has 5 heteroatoms. The van der Waals surface area contributed by atoms with Crippen LogP contribution in [0.1, 0.15) is 25.8 Å². The van der Waals surface area contributed by atoms with Crippen LogP contribution >= 0.6 is 15.9 Å². The SMILES string of the molecule is CCC(C)(NCc1ccc(Br)c2cccnc12)C(N)=O. The Morgan fingerprint density at radius 1 is 1.45 bits per heavy atom. The van der Waals surface area contributed by atoms with Gasteiger partial charge in [0, 0.05) is 22.6 Å². The van der Waals surface area contributed by atoms with Gasteiger partial charge < -0.3 is 5.73 Å². The molecule has 0 bridgehead atoms. The van der Waals surface area contributed by atoms with E-state index >= 15 is 0 Å². The van der Waals surface area contributed by atoms with Gasteiger partial charge in [0.2, 0.25) is 5.91 Å². The van der Waals surface area contributed by atoms with Crippen LogP contribution in [-0.4, -0.2) is 16.4 Å². The zero-order valence-electron chi connectivity index (χ0n) is 11.6. The molecule has 0 radical (unpaired) electrons. The van der Waals surface area contributed by atoms with Gasteiger partial charge in [-0.2, -0.15) is 0 Å². The van der Waals surface area contributed by atoms with Crippen LogP contribution in [0.4, 0.5) is 0 Å². The molecule has 106 valence electrons. The van der Waals surface area contributed by atoms with Crippen LogP contribution in [0.3, 0.4) is 0 Å². The molecule has 0 spiro atoms. The van der Waals surface area contributed by atoms with Crippen LogP contribution in [-0.2, 0) is 11.3 Å². The number of fused-ring (bicyclic) bond motifs is 1. The average molecular weight is 336 g/mol. The molecule has 1 aromatic heterocycles. The highest BCUT2D eigenvalue weighted by Gasteiger charge is 2.28. The van der Waals surface area contributed by atoms with Gasteiger partial charge in [0.15, 0.2) is 0 Å². The fourth-order valence-electron chi connectivity index (χ4n) is 2.02. The molecule has 0 aliphatic carbocycles. The number of halogens is 1. The molecule has 20 heavy (non-hydrogen) atoms. The monoisotopic (exact) mass is 335 g/mol. The Kier molecular flexibility index (Phi) is 4.40. The molecule has 1 unspecified atom stereocenters. The Morgan fingerprint density at radius 2 is 2.20 bits per heavy atom. The summed E-state index contributed by atoms with van der Waals surface area (Å²) in [5.74, 6) is -0.339. The molecular formula is C15H18BrN3O. The van der Waals surface area contributed by atoms with Crippen molar-refractivity contribution in [3.05, 3.63) is 40.5 Å². The summed E-state index contributed by atoms with van der Waals surface area (Å²) in [6.07, 6.45) is 2.41. The van der Waals surface area contributed by atoms with Crippen molar-refractivity contribution < 1.29 is 4.79 Å². The first-order chi connectivity index (χ1) is 9.48. The van der Waals surface area contributed by atoms with Crippen molar-refractivity contribution >= 4 is 32.7 Å². The molecule has 0 saturated heterocycles. The summed E-state index contributed by atoms with van der Waals surface area (Å²) < 4.78 is 1.01. The number of hydrogen-bond acceptors (Lipinski definition) is 3. The molecule has 0 fully saturated rings. The van der Waals surface area contributed by atoms with Gasteiger partial charge in [-0.25, -0.2) is 0 Å². The lowest BCUT2D eigenvalue weighted by Gasteiger charge is -2.26. The largest absolute Gasteiger partial charge is 0.368 e. The van der Waals surface area contributed by atoms with Gasteiger partial charge in [0.05, 0.1) is 11.1 Å². The Balaban J connectivity index is 2.31. The van der Waals surface area contributed by atoms with E-state index < -0.39 is 5.54 Å². The molecule has 0 aliphatic rings. The number of carbonyl (C=O) groups excluding carboxylic acids is 1. The Bertz CT molecular complexity index is 644. The first-order valence-corrected chi connectivity index (χ1v) is 7.34. The van der Waals surface area contributed by atoms with E-state index in [1.165, 1.54) is 0 Å². The van der Waals surface area contributed by atoms with Gasteiger partial charge in [-0.05, 0) is 31.0 Å². The maximum absolute atomic E-state index is 11.5. The summed E-state index contributed by atoms with van der Waals surface area (Å²) in [6, 6.07) is 7.92. The first kappa shape index (κ1) is 14.9. The van der Waals surface area contributed by atoms with Crippen molar-refractivity contribution in [2.24, 2.45) is 5.73 Å². The summed E-state index contributed by atoms with van der Waals surface area (Å²) in [5.41, 5.74) is 6.73. The molecule has 1 heterocycles. The fraction of sp³-hybridized carbons (Fsp3) is 0.333. The lowest BCUT2D eigenvalue weighted by molar-refractivity contribution is -0.124. The topological polar surface area (TPSA) is 68.0 Å². The quantitative estimate of drug-likeness (QED) is 0.882. The summed E-state index contributed by atoms with van der Waals surface area (Å²) in [5, 5.41) is 4.30. The maximum atomic E-state index is 11.5. The third kappa shape index (κ3) is 2.83. The van der Waals surface area contributed by atoms with Gasteiger partial charge in [0.1, 0.15) is 0 Å². The van der Waals surface area contributed by atoms with Gasteiger partial charge in [0.25, 0.3) is 0 Å². The first-order valence-electron chi connectivity index (χ1n) is 6.55. The van der Waals surface area contributed by atoms with Gasteiger partial charge in [-0.1, -0.05) is 35.0 Å². The molecule has 2 aromatic rings. The van der Waals surface area contributed by atoms with Crippen molar-refractivity contribution in [2.45, 2.75) is 32.4 Å². The van der Waals surface area contributed by atoms with E-state index in [1.54, 1.807) is 6.20 Å². The fourth-order valence-corrected chi connectivity index (χ4v) is 2.47. The third-order valence-corrected chi connectivity index (χ3v) is 4.41. The van der Waals surface area contributed by atoms with Crippen molar-refractivity contribution in [3.63, 3.8) is 0 Å². The molecule has 4 nitrogen and oxygen atoms in total. The molecular weight excluding hydrogens is 318 g/mol. The molecule has 0 aliphatic heterocycles. The van der Waals surface area contributed by atoms with E-state index in [9.17, 15) is 4.79 Å². The zero-order valence-corrected chi connectivity index (χ0v) is 13.2. The number of aromatic nitrogens is 1. The number of pyridine rings is 1. The minimum Gasteiger partial charge on any atom is -0.368 e. The van der Waals surface area contributed by atoms with Crippen molar-refractivity contribution in [1.82, 2.24) is 10.3 Å². The maximum Gasteiger partial charge on any atom is 0.237 e. The molecule has 1 amide bonds. The highest BCUT2D eigenvalue weighted by Crippen LogP contribution is 2.25. The van der Waals surface area contributed by atoms with Gasteiger partial charge in [-0.15, -0.1) is 0 Å². The predicted molar refractivity (Wildman–Crippen MR) is 84.2 cm³/mol. The lowest BCUT2D eigenvalue weighted by atomic mass is 9.97. The van der Waals surface area contributed by atoms with Gasteiger partial charge in [-0.3, -0.25) is 15.1 Å². The van der Waals surface area contributed by atoms with Crippen molar-refractivity contribution in [1.29, 1.82) is 0 Å². The number of nitrogens with one attached hydrogen (secondary N) is 1. The highest BCUT2D eigenvalue weighted by atomic mass is 79.9. The summed E-state index contributed by atoms with van der Waals surface area (Å²) >= 11 is 3.52. The molecule has 1 atom stereocenters. The number of nitrogens with zero attached hydrogens (tertiary/aromatic N) is 1. The summed E-state index contributed by atoms with van der Waals surface area (Å²) in [4.78, 5) is 16.0. The second-order valence-electron chi connectivity index (χ2n) is 5.01. The zero-order chi connectivity index (χ0) is 14.8. The van der Waals surface area contributed by atoms with E-state index in [2.05, 4.69) is 26.2 Å². The number of nitrogens with two attached hydrogens (primary N) is 1. The molecule has 3 N–H and O–H groups in total. The number of carbonyl (C=O) groups is 1. The lowest BCUT2D eigenvalue weighted by Crippen LogP contribution is -2.52. The Morgan fingerprint density at radius 3 is 2.85 bits per heavy atom. The van der Waals surface area contributed by atoms with E-state index in [1.807, 2.05) is 38.1 Å². The van der Waals surface area contributed by atoms with E-state index in [-0.39, 0.29) is 5.91 Å². The number of primary amides is 1. The van der Waals surface area contributed by atoms with Crippen LogP contribution < -0.4 is 11.1 Å². The molecule has 0 saturated carbocycles. The number of hydrogen-bond donors (Lipinski definition) is 2.